The molecule has 1 amide bonds. The van der Waals surface area contributed by atoms with Gasteiger partial charge in [-0.15, -0.1) is 0 Å². The van der Waals surface area contributed by atoms with Crippen molar-refractivity contribution >= 4 is 5.91 Å². The van der Waals surface area contributed by atoms with E-state index in [1.807, 2.05) is 50.2 Å². The van der Waals surface area contributed by atoms with Crippen LogP contribution in [0, 0.1) is 13.8 Å². The molecule has 2 rings (SSSR count). The maximum Gasteiger partial charge on any atom is 0.253 e. The van der Waals surface area contributed by atoms with E-state index < -0.39 is 6.10 Å². The molecule has 1 unspecified atom stereocenters. The van der Waals surface area contributed by atoms with E-state index in [-0.39, 0.29) is 5.91 Å². The van der Waals surface area contributed by atoms with Gasteiger partial charge in [0, 0.05) is 6.54 Å². The van der Waals surface area contributed by atoms with Crippen LogP contribution < -0.4 is 5.32 Å². The highest BCUT2D eigenvalue weighted by molar-refractivity contribution is 5.81. The quantitative estimate of drug-likeness (QED) is 0.896. The zero-order chi connectivity index (χ0) is 14.5. The van der Waals surface area contributed by atoms with Crippen LogP contribution in [0.25, 0.3) is 0 Å². The van der Waals surface area contributed by atoms with Crippen molar-refractivity contribution in [3.8, 4) is 0 Å². The first-order valence-corrected chi connectivity index (χ1v) is 6.64. The van der Waals surface area contributed by atoms with Gasteiger partial charge in [-0.25, -0.2) is 0 Å². The van der Waals surface area contributed by atoms with Gasteiger partial charge in [0.05, 0.1) is 0 Å². The number of nitrogens with one attached hydrogen (secondary N) is 1. The fraction of sp³-hybridized carbons (Fsp3) is 0.235. The number of carbonyl (C=O) groups is 1. The fourth-order valence-corrected chi connectivity index (χ4v) is 1.89. The molecule has 3 heteroatoms. The second kappa shape index (κ2) is 6.35. The molecule has 0 aromatic heterocycles. The predicted molar refractivity (Wildman–Crippen MR) is 79.2 cm³/mol. The first-order valence-electron chi connectivity index (χ1n) is 6.64. The fourth-order valence-electron chi connectivity index (χ4n) is 1.89. The van der Waals surface area contributed by atoms with Gasteiger partial charge in [-0.05, 0) is 25.0 Å². The largest absolute Gasteiger partial charge is 0.378 e. The van der Waals surface area contributed by atoms with Gasteiger partial charge in [0.25, 0.3) is 5.91 Å². The number of amides is 1. The third-order valence-electron chi connectivity index (χ3n) is 3.23. The second-order valence-corrected chi connectivity index (χ2v) is 5.02. The Morgan fingerprint density at radius 1 is 1.00 bits per heavy atom. The van der Waals surface area contributed by atoms with E-state index in [0.29, 0.717) is 12.1 Å². The Labute approximate surface area is 119 Å². The summed E-state index contributed by atoms with van der Waals surface area (Å²) in [6, 6.07) is 15.2. The number of aryl methyl sites for hydroxylation is 2. The summed E-state index contributed by atoms with van der Waals surface area (Å²) in [7, 11) is 0. The number of benzene rings is 2. The Morgan fingerprint density at radius 3 is 2.05 bits per heavy atom. The molecule has 0 bridgehead atoms. The molecule has 2 aromatic carbocycles. The minimum Gasteiger partial charge on any atom is -0.378 e. The lowest BCUT2D eigenvalue weighted by molar-refractivity contribution is -0.129. The van der Waals surface area contributed by atoms with Gasteiger partial charge in [0.2, 0.25) is 0 Å². The Hall–Kier alpha value is -2.13. The van der Waals surface area contributed by atoms with Crippen LogP contribution in [-0.4, -0.2) is 11.0 Å². The topological polar surface area (TPSA) is 49.3 Å². The lowest BCUT2D eigenvalue weighted by Crippen LogP contribution is -2.28. The van der Waals surface area contributed by atoms with Gasteiger partial charge in [-0.2, -0.15) is 0 Å². The molecule has 20 heavy (non-hydrogen) atoms. The van der Waals surface area contributed by atoms with E-state index in [0.717, 1.165) is 11.1 Å². The Bertz CT molecular complexity index is 573. The highest BCUT2D eigenvalue weighted by atomic mass is 16.3. The van der Waals surface area contributed by atoms with Crippen molar-refractivity contribution in [1.82, 2.24) is 5.32 Å². The maximum atomic E-state index is 11.9. The van der Waals surface area contributed by atoms with Gasteiger partial charge < -0.3 is 10.4 Å². The molecule has 104 valence electrons. The van der Waals surface area contributed by atoms with E-state index in [1.165, 1.54) is 5.56 Å². The van der Waals surface area contributed by atoms with Crippen LogP contribution in [0.15, 0.2) is 48.5 Å². The van der Waals surface area contributed by atoms with Crippen LogP contribution in [0.2, 0.25) is 0 Å². The minimum absolute atomic E-state index is 0.380. The predicted octanol–water partition coefficient (Wildman–Crippen LogP) is 2.65. The zero-order valence-corrected chi connectivity index (χ0v) is 11.8. The van der Waals surface area contributed by atoms with E-state index >= 15 is 0 Å². The summed E-state index contributed by atoms with van der Waals surface area (Å²) in [6.45, 7) is 4.40. The number of aliphatic hydroxyl groups excluding tert-OH is 1. The van der Waals surface area contributed by atoms with Crippen molar-refractivity contribution in [3.63, 3.8) is 0 Å². The van der Waals surface area contributed by atoms with Crippen LogP contribution in [0.3, 0.4) is 0 Å². The normalized spacial score (nSPS) is 11.9. The lowest BCUT2D eigenvalue weighted by Gasteiger charge is -2.12. The summed E-state index contributed by atoms with van der Waals surface area (Å²) in [5, 5.41) is 12.7. The number of aliphatic hydroxyl groups is 1. The zero-order valence-electron chi connectivity index (χ0n) is 11.8. The second-order valence-electron chi connectivity index (χ2n) is 5.02. The molecule has 0 aliphatic rings. The third kappa shape index (κ3) is 3.68. The van der Waals surface area contributed by atoms with Crippen LogP contribution in [0.4, 0.5) is 0 Å². The Kier molecular flexibility index (Phi) is 4.53. The molecule has 2 aromatic rings. The average Bonchev–Trinajstić information content (AvgIpc) is 2.46. The molecule has 0 heterocycles. The van der Waals surface area contributed by atoms with Crippen molar-refractivity contribution in [2.24, 2.45) is 0 Å². The number of hydrogen-bond acceptors (Lipinski definition) is 2. The Balaban J connectivity index is 1.94. The van der Waals surface area contributed by atoms with Crippen LogP contribution in [0.1, 0.15) is 28.4 Å². The van der Waals surface area contributed by atoms with Crippen molar-refractivity contribution < 1.29 is 9.90 Å². The molecule has 0 saturated heterocycles. The summed E-state index contributed by atoms with van der Waals surface area (Å²) in [5.74, 6) is -0.380. The maximum absolute atomic E-state index is 11.9. The molecular formula is C17H19NO2. The van der Waals surface area contributed by atoms with E-state index in [9.17, 15) is 9.90 Å². The van der Waals surface area contributed by atoms with E-state index in [1.54, 1.807) is 12.1 Å². The molecule has 1 atom stereocenters. The molecule has 0 radical (unpaired) electrons. The van der Waals surface area contributed by atoms with Gasteiger partial charge >= 0.3 is 0 Å². The third-order valence-corrected chi connectivity index (χ3v) is 3.23. The number of hydrogen-bond donors (Lipinski definition) is 2. The molecule has 2 N–H and O–H groups in total. The monoisotopic (exact) mass is 269 g/mol. The minimum atomic E-state index is -1.12. The standard InChI is InChI=1S/C17H19NO2/c1-12-3-7-14(8-4-12)11-18-17(20)16(19)15-9-5-13(2)6-10-15/h3-10,16,19H,11H2,1-2H3,(H,18,20). The smallest absolute Gasteiger partial charge is 0.253 e. The molecule has 3 nitrogen and oxygen atoms in total. The van der Waals surface area contributed by atoms with Gasteiger partial charge in [0.1, 0.15) is 0 Å². The molecule has 0 aliphatic carbocycles. The van der Waals surface area contributed by atoms with Crippen molar-refractivity contribution in [1.29, 1.82) is 0 Å². The summed E-state index contributed by atoms with van der Waals surface area (Å²) in [6.07, 6.45) is -1.12. The SMILES string of the molecule is Cc1ccc(CNC(=O)C(O)c2ccc(C)cc2)cc1. The molecule has 0 aliphatic heterocycles. The van der Waals surface area contributed by atoms with Gasteiger partial charge in [-0.1, -0.05) is 59.7 Å². The summed E-state index contributed by atoms with van der Waals surface area (Å²) >= 11 is 0. The van der Waals surface area contributed by atoms with Crippen molar-refractivity contribution in [2.75, 3.05) is 0 Å². The molecular weight excluding hydrogens is 250 g/mol. The first kappa shape index (κ1) is 14.3. The molecule has 0 fully saturated rings. The van der Waals surface area contributed by atoms with Crippen molar-refractivity contribution in [2.45, 2.75) is 26.5 Å². The first-order chi connectivity index (χ1) is 9.56. The average molecular weight is 269 g/mol. The van der Waals surface area contributed by atoms with Crippen LogP contribution in [-0.2, 0) is 11.3 Å². The molecule has 0 saturated carbocycles. The Morgan fingerprint density at radius 2 is 1.50 bits per heavy atom. The highest BCUT2D eigenvalue weighted by Crippen LogP contribution is 2.14. The summed E-state index contributed by atoms with van der Waals surface area (Å²) < 4.78 is 0. The lowest BCUT2D eigenvalue weighted by atomic mass is 10.1. The summed E-state index contributed by atoms with van der Waals surface area (Å²) in [4.78, 5) is 11.9. The van der Waals surface area contributed by atoms with Crippen LogP contribution >= 0.6 is 0 Å². The number of rotatable bonds is 4. The van der Waals surface area contributed by atoms with Crippen LogP contribution in [0.5, 0.6) is 0 Å². The van der Waals surface area contributed by atoms with Gasteiger partial charge in [-0.3, -0.25) is 4.79 Å². The van der Waals surface area contributed by atoms with Crippen molar-refractivity contribution in [3.05, 3.63) is 70.8 Å². The van der Waals surface area contributed by atoms with Gasteiger partial charge in [0.15, 0.2) is 6.10 Å². The molecule has 0 spiro atoms. The summed E-state index contributed by atoms with van der Waals surface area (Å²) in [5.41, 5.74) is 3.90. The van der Waals surface area contributed by atoms with E-state index in [2.05, 4.69) is 5.32 Å². The van der Waals surface area contributed by atoms with E-state index in [4.69, 9.17) is 0 Å². The number of carbonyl (C=O) groups excluding carboxylic acids is 1. The highest BCUT2D eigenvalue weighted by Gasteiger charge is 2.16.